The zero-order valence-corrected chi connectivity index (χ0v) is 15.6. The Bertz CT molecular complexity index is 849. The van der Waals surface area contributed by atoms with Gasteiger partial charge in [-0.3, -0.25) is 15.0 Å². The number of benzene rings is 1. The number of anilines is 1. The highest BCUT2D eigenvalue weighted by atomic mass is 32.1. The van der Waals surface area contributed by atoms with Crippen LogP contribution in [-0.4, -0.2) is 50.3 Å². The molecule has 1 aliphatic rings. The fraction of sp³-hybridized carbons (Fsp3) is 0.412. The molecular weight excluding hydrogens is 352 g/mol. The van der Waals surface area contributed by atoms with Crippen molar-refractivity contribution in [3.63, 3.8) is 0 Å². The zero-order valence-electron chi connectivity index (χ0n) is 14.7. The molecule has 1 aromatic carbocycles. The molecule has 0 amide bonds. The van der Waals surface area contributed by atoms with Crippen LogP contribution in [0.15, 0.2) is 36.9 Å². The van der Waals surface area contributed by atoms with Crippen LogP contribution in [0.3, 0.4) is 0 Å². The predicted octanol–water partition coefficient (Wildman–Crippen LogP) is 2.60. The summed E-state index contributed by atoms with van der Waals surface area (Å²) in [4.78, 5) is 14.9. The zero-order chi connectivity index (χ0) is 18.7. The largest absolute Gasteiger partial charge is 0.369 e. The Hall–Kier alpha value is -2.52. The summed E-state index contributed by atoms with van der Waals surface area (Å²) >= 11 is 5.50. The summed E-state index contributed by atoms with van der Waals surface area (Å²) in [5.41, 5.74) is 1.13. The van der Waals surface area contributed by atoms with Gasteiger partial charge >= 0.3 is 0 Å². The van der Waals surface area contributed by atoms with E-state index in [1.165, 1.54) is 0 Å². The van der Waals surface area contributed by atoms with Crippen molar-refractivity contribution in [2.75, 3.05) is 31.1 Å². The summed E-state index contributed by atoms with van der Waals surface area (Å²) in [6.07, 6.45) is 1.82. The Labute approximate surface area is 157 Å². The summed E-state index contributed by atoms with van der Waals surface area (Å²) in [5.74, 6) is 0.888. The summed E-state index contributed by atoms with van der Waals surface area (Å²) in [7, 11) is 0. The first kappa shape index (κ1) is 18.3. The lowest BCUT2D eigenvalue weighted by molar-refractivity contribution is -0.384. The number of allylic oxidation sites excluding steroid dienone is 1. The van der Waals surface area contributed by atoms with Gasteiger partial charge in [-0.25, -0.2) is 4.68 Å². The van der Waals surface area contributed by atoms with Crippen molar-refractivity contribution in [1.29, 1.82) is 0 Å². The minimum atomic E-state index is -0.376. The first-order valence-corrected chi connectivity index (χ1v) is 8.87. The highest BCUT2D eigenvalue weighted by Crippen LogP contribution is 2.20. The number of hydrogen-bond donors (Lipinski definition) is 0. The molecule has 1 aromatic heterocycles. The van der Waals surface area contributed by atoms with E-state index >= 15 is 0 Å². The van der Waals surface area contributed by atoms with Gasteiger partial charge in [0, 0.05) is 50.5 Å². The van der Waals surface area contributed by atoms with Crippen LogP contribution in [0.5, 0.6) is 0 Å². The number of aryl methyl sites for hydroxylation is 1. The second kappa shape index (κ2) is 7.79. The minimum absolute atomic E-state index is 0.118. The SMILES string of the molecule is C=CCn1c(C)nn(CN2CCN(c3ccc([N+](=O)[O-])cc3)CC2)c1=S. The molecule has 0 aliphatic carbocycles. The molecule has 1 aliphatic heterocycles. The van der Waals surface area contributed by atoms with Gasteiger partial charge in [0.1, 0.15) is 5.82 Å². The standard InChI is InChI=1S/C17H22N6O2S/c1-3-8-21-14(2)18-22(17(21)26)13-19-9-11-20(12-10-19)15-4-6-16(7-5-15)23(24)25/h3-7H,1,8-13H2,2H3. The lowest BCUT2D eigenvalue weighted by Crippen LogP contribution is -2.47. The van der Waals surface area contributed by atoms with E-state index in [0.717, 1.165) is 37.7 Å². The predicted molar refractivity (Wildman–Crippen MR) is 103 cm³/mol. The van der Waals surface area contributed by atoms with Crippen LogP contribution >= 0.6 is 12.2 Å². The van der Waals surface area contributed by atoms with E-state index in [1.54, 1.807) is 12.1 Å². The van der Waals surface area contributed by atoms with E-state index in [-0.39, 0.29) is 10.6 Å². The van der Waals surface area contributed by atoms with Gasteiger partial charge in [0.2, 0.25) is 0 Å². The number of non-ortho nitro benzene ring substituents is 1. The molecule has 1 saturated heterocycles. The third-order valence-electron chi connectivity index (χ3n) is 4.55. The fourth-order valence-electron chi connectivity index (χ4n) is 3.10. The average molecular weight is 374 g/mol. The molecule has 138 valence electrons. The number of nitro groups is 1. The number of hydrogen-bond acceptors (Lipinski definition) is 6. The normalized spacial score (nSPS) is 15.2. The average Bonchev–Trinajstić information content (AvgIpc) is 2.90. The Morgan fingerprint density at radius 2 is 1.92 bits per heavy atom. The van der Waals surface area contributed by atoms with Crippen molar-refractivity contribution in [3.05, 3.63) is 57.6 Å². The molecule has 0 radical (unpaired) electrons. The van der Waals surface area contributed by atoms with Crippen LogP contribution in [-0.2, 0) is 13.2 Å². The van der Waals surface area contributed by atoms with Gasteiger partial charge < -0.3 is 9.47 Å². The first-order valence-electron chi connectivity index (χ1n) is 8.46. The van der Waals surface area contributed by atoms with Crippen molar-refractivity contribution >= 4 is 23.6 Å². The second-order valence-corrected chi connectivity index (χ2v) is 6.61. The molecule has 3 rings (SSSR count). The monoisotopic (exact) mass is 374 g/mol. The third kappa shape index (κ3) is 3.83. The Kier molecular flexibility index (Phi) is 5.48. The van der Waals surface area contributed by atoms with Gasteiger partial charge in [0.05, 0.1) is 11.6 Å². The summed E-state index contributed by atoms with van der Waals surface area (Å²) < 4.78 is 4.53. The minimum Gasteiger partial charge on any atom is -0.369 e. The lowest BCUT2D eigenvalue weighted by Gasteiger charge is -2.35. The van der Waals surface area contributed by atoms with Crippen molar-refractivity contribution in [3.8, 4) is 0 Å². The highest BCUT2D eigenvalue weighted by Gasteiger charge is 2.19. The Balaban J connectivity index is 1.60. The molecule has 2 heterocycles. The number of aromatic nitrogens is 3. The number of rotatable bonds is 6. The van der Waals surface area contributed by atoms with Gasteiger partial charge in [-0.2, -0.15) is 5.10 Å². The van der Waals surface area contributed by atoms with Gasteiger partial charge in [-0.05, 0) is 31.3 Å². The molecule has 26 heavy (non-hydrogen) atoms. The molecule has 0 saturated carbocycles. The molecule has 8 nitrogen and oxygen atoms in total. The summed E-state index contributed by atoms with van der Waals surface area (Å²) in [6.45, 7) is 10.5. The van der Waals surface area contributed by atoms with E-state index < -0.39 is 0 Å². The van der Waals surface area contributed by atoms with Crippen LogP contribution in [0.2, 0.25) is 0 Å². The first-order chi connectivity index (χ1) is 12.5. The molecule has 0 unspecified atom stereocenters. The van der Waals surface area contributed by atoms with Crippen LogP contribution in [0.25, 0.3) is 0 Å². The molecule has 2 aromatic rings. The van der Waals surface area contributed by atoms with Crippen LogP contribution in [0, 0.1) is 21.8 Å². The summed E-state index contributed by atoms with van der Waals surface area (Å²) in [6, 6.07) is 6.72. The highest BCUT2D eigenvalue weighted by molar-refractivity contribution is 7.71. The van der Waals surface area contributed by atoms with Crippen molar-refractivity contribution < 1.29 is 4.92 Å². The van der Waals surface area contributed by atoms with Crippen LogP contribution in [0.4, 0.5) is 11.4 Å². The van der Waals surface area contributed by atoms with Gasteiger partial charge in [-0.15, -0.1) is 6.58 Å². The molecule has 0 spiro atoms. The molecule has 1 fully saturated rings. The van der Waals surface area contributed by atoms with Crippen molar-refractivity contribution in [2.24, 2.45) is 0 Å². The van der Waals surface area contributed by atoms with Crippen LogP contribution < -0.4 is 4.90 Å². The number of nitrogens with zero attached hydrogens (tertiary/aromatic N) is 6. The summed E-state index contributed by atoms with van der Waals surface area (Å²) in [5, 5.41) is 15.3. The maximum Gasteiger partial charge on any atom is 0.269 e. The maximum absolute atomic E-state index is 10.8. The fourth-order valence-corrected chi connectivity index (χ4v) is 3.41. The van der Waals surface area contributed by atoms with E-state index in [1.807, 2.05) is 34.4 Å². The third-order valence-corrected chi connectivity index (χ3v) is 4.98. The number of nitro benzene ring substituents is 1. The van der Waals surface area contributed by atoms with E-state index in [4.69, 9.17) is 12.2 Å². The molecular formula is C17H22N6O2S. The van der Waals surface area contributed by atoms with Gasteiger partial charge in [-0.1, -0.05) is 6.08 Å². The lowest BCUT2D eigenvalue weighted by atomic mass is 10.2. The number of piperazine rings is 1. The van der Waals surface area contributed by atoms with E-state index in [9.17, 15) is 10.1 Å². The van der Waals surface area contributed by atoms with Gasteiger partial charge in [0.15, 0.2) is 4.77 Å². The van der Waals surface area contributed by atoms with Crippen LogP contribution in [0.1, 0.15) is 5.82 Å². The van der Waals surface area contributed by atoms with Crippen molar-refractivity contribution in [2.45, 2.75) is 20.1 Å². The topological polar surface area (TPSA) is 72.4 Å². The second-order valence-electron chi connectivity index (χ2n) is 6.25. The van der Waals surface area contributed by atoms with E-state index in [0.29, 0.717) is 18.0 Å². The van der Waals surface area contributed by atoms with E-state index in [2.05, 4.69) is 21.5 Å². The van der Waals surface area contributed by atoms with Crippen molar-refractivity contribution in [1.82, 2.24) is 19.2 Å². The Morgan fingerprint density at radius 1 is 1.27 bits per heavy atom. The smallest absolute Gasteiger partial charge is 0.269 e. The molecule has 0 bridgehead atoms. The molecule has 0 N–H and O–H groups in total. The van der Waals surface area contributed by atoms with Gasteiger partial charge in [0.25, 0.3) is 5.69 Å². The Morgan fingerprint density at radius 3 is 2.50 bits per heavy atom. The molecule has 9 heteroatoms. The molecule has 0 atom stereocenters. The quantitative estimate of drug-likeness (QED) is 0.335. The maximum atomic E-state index is 10.8.